The van der Waals surface area contributed by atoms with Gasteiger partial charge in [-0.1, -0.05) is 41.9 Å². The molecular formula is C26H22ClFN4O2. The number of anilines is 1. The molecule has 34 heavy (non-hydrogen) atoms. The van der Waals surface area contributed by atoms with Crippen molar-refractivity contribution in [3.05, 3.63) is 89.5 Å². The van der Waals surface area contributed by atoms with Crippen molar-refractivity contribution < 1.29 is 13.9 Å². The summed E-state index contributed by atoms with van der Waals surface area (Å²) in [4.78, 5) is 25.7. The van der Waals surface area contributed by atoms with Crippen molar-refractivity contribution in [1.82, 2.24) is 14.9 Å². The van der Waals surface area contributed by atoms with Gasteiger partial charge in [0.05, 0.1) is 5.02 Å². The van der Waals surface area contributed by atoms with E-state index in [1.165, 1.54) is 24.5 Å². The number of aromatic nitrogens is 2. The maximum absolute atomic E-state index is 13.3. The summed E-state index contributed by atoms with van der Waals surface area (Å²) in [5.41, 5.74) is 0.688. The zero-order chi connectivity index (χ0) is 23.7. The average molecular weight is 477 g/mol. The number of rotatable bonds is 4. The molecule has 8 heteroatoms. The van der Waals surface area contributed by atoms with Crippen LogP contribution in [0.1, 0.15) is 17.3 Å². The molecule has 0 spiro atoms. The van der Waals surface area contributed by atoms with Gasteiger partial charge in [-0.2, -0.15) is 0 Å². The first kappa shape index (κ1) is 22.1. The molecule has 0 saturated carbocycles. The summed E-state index contributed by atoms with van der Waals surface area (Å²) in [6, 6.07) is 19.5. The van der Waals surface area contributed by atoms with Gasteiger partial charge in [0.1, 0.15) is 23.7 Å². The Morgan fingerprint density at radius 3 is 2.65 bits per heavy atom. The van der Waals surface area contributed by atoms with E-state index >= 15 is 0 Å². The fourth-order valence-electron chi connectivity index (χ4n) is 4.18. The standard InChI is InChI=1S/C26H22ClFN4O2/c1-17-15-31(24-14-25(30-16-29-24)34-23-9-8-21(28)13-22(23)27)10-11-32(17)26(33)20-7-6-18-4-2-3-5-19(18)12-20/h2-9,12-14,16-17H,10-11,15H2,1H3. The first-order valence-electron chi connectivity index (χ1n) is 11.0. The second-order valence-corrected chi connectivity index (χ2v) is 8.65. The maximum atomic E-state index is 13.3. The molecule has 2 heterocycles. The van der Waals surface area contributed by atoms with Crippen LogP contribution in [0.3, 0.4) is 0 Å². The fraction of sp³-hybridized carbons (Fsp3) is 0.192. The third-order valence-corrected chi connectivity index (χ3v) is 6.24. The lowest BCUT2D eigenvalue weighted by Gasteiger charge is -2.40. The van der Waals surface area contributed by atoms with Crippen molar-refractivity contribution in [2.75, 3.05) is 24.5 Å². The Bertz CT molecular complexity index is 1370. The lowest BCUT2D eigenvalue weighted by atomic mass is 10.0. The van der Waals surface area contributed by atoms with Crippen molar-refractivity contribution in [2.45, 2.75) is 13.0 Å². The van der Waals surface area contributed by atoms with Crippen LogP contribution in [0.25, 0.3) is 10.8 Å². The third kappa shape index (κ3) is 4.52. The molecule has 1 aliphatic rings. The summed E-state index contributed by atoms with van der Waals surface area (Å²) in [6.45, 7) is 3.84. The number of nitrogens with zero attached hydrogens (tertiary/aromatic N) is 4. The van der Waals surface area contributed by atoms with E-state index in [2.05, 4.69) is 14.9 Å². The number of ether oxygens (including phenoxy) is 1. The van der Waals surface area contributed by atoms with E-state index in [1.54, 1.807) is 6.07 Å². The summed E-state index contributed by atoms with van der Waals surface area (Å²) in [5, 5.41) is 2.32. The highest BCUT2D eigenvalue weighted by Gasteiger charge is 2.29. The highest BCUT2D eigenvalue weighted by atomic mass is 35.5. The molecule has 4 aromatic rings. The van der Waals surface area contributed by atoms with E-state index in [0.717, 1.165) is 10.8 Å². The van der Waals surface area contributed by atoms with Crippen molar-refractivity contribution in [1.29, 1.82) is 0 Å². The minimum Gasteiger partial charge on any atom is -0.437 e. The minimum atomic E-state index is -0.439. The lowest BCUT2D eigenvalue weighted by Crippen LogP contribution is -2.54. The molecule has 1 saturated heterocycles. The van der Waals surface area contributed by atoms with Gasteiger partial charge in [-0.15, -0.1) is 0 Å². The molecule has 172 valence electrons. The number of piperazine rings is 1. The number of carbonyl (C=O) groups is 1. The molecule has 6 nitrogen and oxygen atoms in total. The van der Waals surface area contributed by atoms with Gasteiger partial charge in [-0.05, 0) is 48.0 Å². The molecule has 1 atom stereocenters. The lowest BCUT2D eigenvalue weighted by molar-refractivity contribution is 0.0674. The van der Waals surface area contributed by atoms with E-state index in [0.29, 0.717) is 42.6 Å². The highest BCUT2D eigenvalue weighted by molar-refractivity contribution is 6.32. The van der Waals surface area contributed by atoms with E-state index in [1.807, 2.05) is 54.3 Å². The van der Waals surface area contributed by atoms with Crippen LogP contribution in [-0.2, 0) is 0 Å². The van der Waals surface area contributed by atoms with Crippen LogP contribution in [0.2, 0.25) is 5.02 Å². The van der Waals surface area contributed by atoms with Crippen LogP contribution in [0.5, 0.6) is 11.6 Å². The summed E-state index contributed by atoms with van der Waals surface area (Å²) < 4.78 is 19.0. The molecule has 0 aliphatic carbocycles. The number of fused-ring (bicyclic) bond motifs is 1. The minimum absolute atomic E-state index is 0.0152. The van der Waals surface area contributed by atoms with E-state index in [-0.39, 0.29) is 17.0 Å². The largest absolute Gasteiger partial charge is 0.437 e. The molecule has 0 N–H and O–H groups in total. The van der Waals surface area contributed by atoms with Gasteiger partial charge in [-0.3, -0.25) is 4.79 Å². The fourth-order valence-corrected chi connectivity index (χ4v) is 4.39. The van der Waals surface area contributed by atoms with Crippen LogP contribution in [0, 0.1) is 5.82 Å². The normalized spacial score (nSPS) is 16.0. The van der Waals surface area contributed by atoms with E-state index in [4.69, 9.17) is 16.3 Å². The topological polar surface area (TPSA) is 58.6 Å². The molecule has 1 aliphatic heterocycles. The molecule has 3 aromatic carbocycles. The monoisotopic (exact) mass is 476 g/mol. The van der Waals surface area contributed by atoms with Crippen molar-refractivity contribution >= 4 is 34.1 Å². The third-order valence-electron chi connectivity index (χ3n) is 5.94. The van der Waals surface area contributed by atoms with Crippen LogP contribution < -0.4 is 9.64 Å². The predicted octanol–water partition coefficient (Wildman–Crippen LogP) is 5.57. The summed E-state index contributed by atoms with van der Waals surface area (Å²) in [5.74, 6) is 0.891. The van der Waals surface area contributed by atoms with Crippen molar-refractivity contribution in [3.8, 4) is 11.6 Å². The predicted molar refractivity (Wildman–Crippen MR) is 130 cm³/mol. The Morgan fingerprint density at radius 1 is 1.03 bits per heavy atom. The zero-order valence-electron chi connectivity index (χ0n) is 18.5. The van der Waals surface area contributed by atoms with Gasteiger partial charge < -0.3 is 14.5 Å². The Morgan fingerprint density at radius 2 is 1.85 bits per heavy atom. The highest BCUT2D eigenvalue weighted by Crippen LogP contribution is 2.30. The molecule has 0 radical (unpaired) electrons. The molecule has 1 fully saturated rings. The first-order chi connectivity index (χ1) is 16.5. The molecule has 1 amide bonds. The molecular weight excluding hydrogens is 455 g/mol. The summed E-state index contributed by atoms with van der Waals surface area (Å²) in [6.07, 6.45) is 1.42. The smallest absolute Gasteiger partial charge is 0.254 e. The zero-order valence-corrected chi connectivity index (χ0v) is 19.2. The Balaban J connectivity index is 1.29. The number of amides is 1. The van der Waals surface area contributed by atoms with Gasteiger partial charge in [0.15, 0.2) is 0 Å². The molecule has 1 aromatic heterocycles. The van der Waals surface area contributed by atoms with Crippen LogP contribution >= 0.6 is 11.6 Å². The van der Waals surface area contributed by atoms with E-state index in [9.17, 15) is 9.18 Å². The Kier molecular flexibility index (Phi) is 6.02. The van der Waals surface area contributed by atoms with Gasteiger partial charge in [0, 0.05) is 37.3 Å². The summed E-state index contributed by atoms with van der Waals surface area (Å²) in [7, 11) is 0. The second-order valence-electron chi connectivity index (χ2n) is 8.25. The van der Waals surface area contributed by atoms with Gasteiger partial charge in [0.2, 0.25) is 5.88 Å². The second kappa shape index (κ2) is 9.27. The number of halogens is 2. The van der Waals surface area contributed by atoms with Crippen LogP contribution in [0.4, 0.5) is 10.2 Å². The Hall–Kier alpha value is -3.71. The first-order valence-corrected chi connectivity index (χ1v) is 11.4. The number of hydrogen-bond acceptors (Lipinski definition) is 5. The number of benzene rings is 3. The molecule has 0 bridgehead atoms. The molecule has 5 rings (SSSR count). The van der Waals surface area contributed by atoms with E-state index < -0.39 is 5.82 Å². The summed E-state index contributed by atoms with van der Waals surface area (Å²) >= 11 is 6.06. The van der Waals surface area contributed by atoms with Crippen molar-refractivity contribution in [2.24, 2.45) is 0 Å². The SMILES string of the molecule is CC1CN(c2cc(Oc3ccc(F)cc3Cl)ncn2)CCN1C(=O)c1ccc2ccccc2c1. The van der Waals surface area contributed by atoms with Crippen LogP contribution in [0.15, 0.2) is 73.1 Å². The molecule has 1 unspecified atom stereocenters. The van der Waals surface area contributed by atoms with Crippen molar-refractivity contribution in [3.63, 3.8) is 0 Å². The number of hydrogen-bond donors (Lipinski definition) is 0. The van der Waals surface area contributed by atoms with Gasteiger partial charge in [0.25, 0.3) is 5.91 Å². The quantitative estimate of drug-likeness (QED) is 0.385. The Labute approximate surface area is 201 Å². The van der Waals surface area contributed by atoms with Gasteiger partial charge >= 0.3 is 0 Å². The van der Waals surface area contributed by atoms with Crippen LogP contribution in [-0.4, -0.2) is 46.5 Å². The maximum Gasteiger partial charge on any atom is 0.254 e. The number of carbonyl (C=O) groups excluding carboxylic acids is 1. The average Bonchev–Trinajstić information content (AvgIpc) is 2.85. The van der Waals surface area contributed by atoms with Gasteiger partial charge in [-0.25, -0.2) is 14.4 Å².